The summed E-state index contributed by atoms with van der Waals surface area (Å²) in [7, 11) is 0. The highest BCUT2D eigenvalue weighted by molar-refractivity contribution is 6.49. The number of rotatable bonds is 1. The fraction of sp³-hybridized carbons (Fsp3) is 0.182. The van der Waals surface area contributed by atoms with Crippen LogP contribution in [0, 0.1) is 24.1 Å². The van der Waals surface area contributed by atoms with E-state index < -0.39 is 5.82 Å². The molecule has 72 valence electrons. The largest absolute Gasteiger partial charge is 0.206 e. The van der Waals surface area contributed by atoms with Gasteiger partial charge in [-0.05, 0) is 25.5 Å². The first-order valence-electron chi connectivity index (χ1n) is 4.09. The van der Waals surface area contributed by atoms with E-state index in [1.807, 2.05) is 6.07 Å². The van der Waals surface area contributed by atoms with E-state index in [1.165, 1.54) is 6.07 Å². The lowest BCUT2D eigenvalue weighted by atomic mass is 10.1. The predicted molar refractivity (Wildman–Crippen MR) is 55.2 cm³/mol. The van der Waals surface area contributed by atoms with E-state index >= 15 is 0 Å². The Balaban J connectivity index is 3.29. The molecule has 0 aliphatic rings. The van der Waals surface area contributed by atoms with Gasteiger partial charge in [0.15, 0.2) is 0 Å². The number of allylic oxidation sites excluding steroid dienone is 1. The Morgan fingerprint density at radius 3 is 2.64 bits per heavy atom. The zero-order chi connectivity index (χ0) is 10.7. The summed E-state index contributed by atoms with van der Waals surface area (Å²) in [6.07, 6.45) is 0. The van der Waals surface area contributed by atoms with Gasteiger partial charge in [-0.15, -0.1) is 0 Å². The van der Waals surface area contributed by atoms with E-state index in [4.69, 9.17) is 16.9 Å². The van der Waals surface area contributed by atoms with Crippen LogP contribution < -0.4 is 0 Å². The summed E-state index contributed by atoms with van der Waals surface area (Å²) in [5.41, 5.74) is 1.41. The third kappa shape index (κ3) is 2.12. The lowest BCUT2D eigenvalue weighted by Crippen LogP contribution is -1.88. The van der Waals surface area contributed by atoms with Crippen LogP contribution in [0.2, 0.25) is 0 Å². The molecule has 1 rings (SSSR count). The van der Waals surface area contributed by atoms with Crippen molar-refractivity contribution in [2.75, 3.05) is 0 Å². The van der Waals surface area contributed by atoms with E-state index in [2.05, 4.69) is 0 Å². The molecule has 0 aromatic heterocycles. The van der Waals surface area contributed by atoms with Gasteiger partial charge in [0.05, 0.1) is 11.1 Å². The summed E-state index contributed by atoms with van der Waals surface area (Å²) < 4.78 is 13.4. The van der Waals surface area contributed by atoms with Crippen LogP contribution in [-0.4, -0.2) is 0 Å². The minimum absolute atomic E-state index is 0.171. The molecule has 0 aliphatic carbocycles. The smallest absolute Gasteiger partial charge is 0.132 e. The Morgan fingerprint density at radius 1 is 1.50 bits per heavy atom. The summed E-state index contributed by atoms with van der Waals surface area (Å²) in [6, 6.07) is 6.61. The Kier molecular flexibility index (Phi) is 3.27. The monoisotopic (exact) mass is 209 g/mol. The fourth-order valence-electron chi connectivity index (χ4n) is 1.05. The van der Waals surface area contributed by atoms with Crippen molar-refractivity contribution in [2.45, 2.75) is 13.8 Å². The van der Waals surface area contributed by atoms with Crippen LogP contribution in [0.3, 0.4) is 0 Å². The molecule has 0 atom stereocenters. The standard InChI is InChI=1S/C11H9ClFN/c1-7-3-4-9(10(13)5-7)11(12)8(2)6-14/h3-5H,1-2H3. The van der Waals surface area contributed by atoms with E-state index in [1.54, 1.807) is 26.0 Å². The average Bonchev–Trinajstić information content (AvgIpc) is 2.15. The van der Waals surface area contributed by atoms with Gasteiger partial charge in [-0.3, -0.25) is 0 Å². The highest BCUT2D eigenvalue weighted by atomic mass is 35.5. The molecule has 0 bridgehead atoms. The number of nitriles is 1. The maximum Gasteiger partial charge on any atom is 0.132 e. The summed E-state index contributed by atoms with van der Waals surface area (Å²) in [5, 5.41) is 8.77. The van der Waals surface area contributed by atoms with E-state index in [9.17, 15) is 4.39 Å². The van der Waals surface area contributed by atoms with Crippen LogP contribution in [0.4, 0.5) is 4.39 Å². The zero-order valence-corrected chi connectivity index (χ0v) is 8.69. The summed E-state index contributed by atoms with van der Waals surface area (Å²) in [4.78, 5) is 0. The van der Waals surface area contributed by atoms with Gasteiger partial charge in [-0.25, -0.2) is 4.39 Å². The Labute approximate surface area is 87.4 Å². The lowest BCUT2D eigenvalue weighted by molar-refractivity contribution is 0.623. The van der Waals surface area contributed by atoms with E-state index in [0.717, 1.165) is 5.56 Å². The first-order valence-corrected chi connectivity index (χ1v) is 4.47. The predicted octanol–water partition coefficient (Wildman–Crippen LogP) is 3.63. The molecule has 0 fully saturated rings. The van der Waals surface area contributed by atoms with Crippen molar-refractivity contribution in [3.63, 3.8) is 0 Å². The molecular weight excluding hydrogens is 201 g/mol. The average molecular weight is 210 g/mol. The molecule has 0 radical (unpaired) electrons. The second-order valence-corrected chi connectivity index (χ2v) is 3.41. The van der Waals surface area contributed by atoms with Crippen molar-refractivity contribution < 1.29 is 4.39 Å². The molecule has 1 aromatic carbocycles. The summed E-state index contributed by atoms with van der Waals surface area (Å²) in [6.45, 7) is 3.35. The SMILES string of the molecule is CC(C#N)=C(Cl)c1ccc(C)cc1F. The van der Waals surface area contributed by atoms with Gasteiger partial charge in [-0.2, -0.15) is 5.26 Å². The minimum Gasteiger partial charge on any atom is -0.206 e. The van der Waals surface area contributed by atoms with Crippen LogP contribution in [0.5, 0.6) is 0 Å². The number of benzene rings is 1. The van der Waals surface area contributed by atoms with Crippen LogP contribution in [0.25, 0.3) is 5.03 Å². The second-order valence-electron chi connectivity index (χ2n) is 3.03. The number of aryl methyl sites for hydroxylation is 1. The Hall–Kier alpha value is -1.33. The van der Waals surface area contributed by atoms with Crippen LogP contribution in [0.15, 0.2) is 23.8 Å². The molecule has 0 amide bonds. The zero-order valence-electron chi connectivity index (χ0n) is 7.94. The Bertz CT molecular complexity index is 429. The maximum atomic E-state index is 13.4. The van der Waals surface area contributed by atoms with Crippen LogP contribution >= 0.6 is 11.6 Å². The van der Waals surface area contributed by atoms with Crippen LogP contribution in [-0.2, 0) is 0 Å². The van der Waals surface area contributed by atoms with Gasteiger partial charge in [0, 0.05) is 11.1 Å². The quantitative estimate of drug-likeness (QED) is 0.648. The normalized spacial score (nSPS) is 11.9. The van der Waals surface area contributed by atoms with Gasteiger partial charge in [-0.1, -0.05) is 23.7 Å². The van der Waals surface area contributed by atoms with E-state index in [0.29, 0.717) is 5.57 Å². The molecule has 0 heterocycles. The molecule has 0 N–H and O–H groups in total. The van der Waals surface area contributed by atoms with Crippen molar-refractivity contribution in [2.24, 2.45) is 0 Å². The first-order chi connectivity index (χ1) is 6.56. The molecule has 0 saturated carbocycles. The third-order valence-corrected chi connectivity index (χ3v) is 2.35. The molecule has 3 heteroatoms. The number of hydrogen-bond acceptors (Lipinski definition) is 1. The van der Waals surface area contributed by atoms with Gasteiger partial charge in [0.25, 0.3) is 0 Å². The third-order valence-electron chi connectivity index (χ3n) is 1.86. The van der Waals surface area contributed by atoms with Gasteiger partial charge < -0.3 is 0 Å². The van der Waals surface area contributed by atoms with Gasteiger partial charge >= 0.3 is 0 Å². The van der Waals surface area contributed by atoms with Gasteiger partial charge in [0.2, 0.25) is 0 Å². The number of hydrogen-bond donors (Lipinski definition) is 0. The van der Waals surface area contributed by atoms with Crippen molar-refractivity contribution in [3.8, 4) is 6.07 Å². The summed E-state index contributed by atoms with van der Waals surface area (Å²) in [5.74, 6) is -0.399. The molecule has 1 aromatic rings. The highest BCUT2D eigenvalue weighted by Gasteiger charge is 2.08. The second kappa shape index (κ2) is 4.26. The minimum atomic E-state index is -0.399. The van der Waals surface area contributed by atoms with Crippen molar-refractivity contribution in [1.29, 1.82) is 5.26 Å². The van der Waals surface area contributed by atoms with Gasteiger partial charge in [0.1, 0.15) is 5.82 Å². The van der Waals surface area contributed by atoms with Crippen molar-refractivity contribution in [1.82, 2.24) is 0 Å². The topological polar surface area (TPSA) is 23.8 Å². The number of halogens is 2. The number of nitrogens with zero attached hydrogens (tertiary/aromatic N) is 1. The summed E-state index contributed by atoms with van der Waals surface area (Å²) >= 11 is 5.83. The van der Waals surface area contributed by atoms with E-state index in [-0.39, 0.29) is 10.6 Å². The fourth-order valence-corrected chi connectivity index (χ4v) is 1.24. The molecule has 0 saturated heterocycles. The maximum absolute atomic E-state index is 13.4. The lowest BCUT2D eigenvalue weighted by Gasteiger charge is -2.03. The van der Waals surface area contributed by atoms with Crippen molar-refractivity contribution >= 4 is 16.6 Å². The first kappa shape index (κ1) is 10.7. The highest BCUT2D eigenvalue weighted by Crippen LogP contribution is 2.25. The Morgan fingerprint density at radius 2 is 2.14 bits per heavy atom. The van der Waals surface area contributed by atoms with Crippen LogP contribution in [0.1, 0.15) is 18.1 Å². The molecule has 0 aliphatic heterocycles. The molecule has 0 spiro atoms. The van der Waals surface area contributed by atoms with Crippen molar-refractivity contribution in [3.05, 3.63) is 40.7 Å². The molecule has 1 nitrogen and oxygen atoms in total. The molecule has 0 unspecified atom stereocenters. The molecule has 14 heavy (non-hydrogen) atoms. The molecular formula is C11H9ClFN.